The largest absolute Gasteiger partial charge is 0.772 e. The summed E-state index contributed by atoms with van der Waals surface area (Å²) < 4.78 is 5.92. The van der Waals surface area contributed by atoms with E-state index in [9.17, 15) is 5.21 Å². The average Bonchev–Trinajstić information content (AvgIpc) is 1.97. The summed E-state index contributed by atoms with van der Waals surface area (Å²) in [6.45, 7) is 4.26. The number of hydroxylamine groups is 1. The van der Waals surface area contributed by atoms with E-state index in [2.05, 4.69) is 13.8 Å². The van der Waals surface area contributed by atoms with Crippen molar-refractivity contribution < 1.29 is 4.74 Å². The average molecular weight is 199 g/mol. The van der Waals surface area contributed by atoms with Crippen LogP contribution in [0.1, 0.15) is 46.0 Å². The van der Waals surface area contributed by atoms with Crippen molar-refractivity contribution in [2.75, 3.05) is 0 Å². The zero-order valence-corrected chi connectivity index (χ0v) is 8.95. The first-order valence-corrected chi connectivity index (χ1v) is 5.34. The van der Waals surface area contributed by atoms with Crippen LogP contribution in [0.2, 0.25) is 0 Å². The molecule has 4 heteroatoms. The molecule has 3 fully saturated rings. The number of ether oxygens (including phenoxy) is 1. The summed E-state index contributed by atoms with van der Waals surface area (Å²) in [5.74, 6) is 5.27. The summed E-state index contributed by atoms with van der Waals surface area (Å²) in [7, 11) is 0. The fraction of sp³-hybridized carbons (Fsp3) is 1.00. The fourth-order valence-corrected chi connectivity index (χ4v) is 3.00. The molecule has 1 aliphatic carbocycles. The standard InChI is InChI=1S/C10H19N2O2/c1-9-5-3-8(12(11)13)4-6-10(2,7-9)14-9/h8H,3-7,11H2,1-2H3/q-1. The van der Waals surface area contributed by atoms with Crippen molar-refractivity contribution in [3.05, 3.63) is 5.21 Å². The van der Waals surface area contributed by atoms with Crippen LogP contribution in [0.4, 0.5) is 0 Å². The predicted molar refractivity (Wildman–Crippen MR) is 54.2 cm³/mol. The molecule has 0 radical (unpaired) electrons. The summed E-state index contributed by atoms with van der Waals surface area (Å²) in [6, 6.07) is -0.0159. The monoisotopic (exact) mass is 199 g/mol. The van der Waals surface area contributed by atoms with Gasteiger partial charge in [-0.25, -0.2) is 0 Å². The Morgan fingerprint density at radius 2 is 1.71 bits per heavy atom. The highest BCUT2D eigenvalue weighted by Gasteiger charge is 2.50. The highest BCUT2D eigenvalue weighted by molar-refractivity contribution is 5.01. The van der Waals surface area contributed by atoms with Crippen molar-refractivity contribution in [2.45, 2.75) is 63.2 Å². The molecule has 14 heavy (non-hydrogen) atoms. The number of hydrazine groups is 1. The molecule has 4 nitrogen and oxygen atoms in total. The summed E-state index contributed by atoms with van der Waals surface area (Å²) in [6.07, 6.45) is 4.72. The van der Waals surface area contributed by atoms with Crippen LogP contribution in [0.25, 0.3) is 0 Å². The van der Waals surface area contributed by atoms with Gasteiger partial charge in [-0.15, -0.1) is 0 Å². The normalized spacial score (nSPS) is 48.2. The van der Waals surface area contributed by atoms with Gasteiger partial charge >= 0.3 is 0 Å². The topological polar surface area (TPSA) is 61.5 Å². The lowest BCUT2D eigenvalue weighted by Gasteiger charge is -2.56. The third-order valence-electron chi connectivity index (χ3n) is 3.61. The molecule has 0 aromatic heterocycles. The Morgan fingerprint density at radius 3 is 2.07 bits per heavy atom. The van der Waals surface area contributed by atoms with E-state index in [4.69, 9.17) is 10.6 Å². The van der Waals surface area contributed by atoms with Crippen LogP contribution in [-0.2, 0) is 4.74 Å². The van der Waals surface area contributed by atoms with E-state index < -0.39 is 0 Å². The second-order valence-corrected chi connectivity index (χ2v) is 5.27. The highest BCUT2D eigenvalue weighted by atomic mass is 16.6. The van der Waals surface area contributed by atoms with E-state index in [0.29, 0.717) is 5.17 Å². The Morgan fingerprint density at radius 1 is 1.29 bits per heavy atom. The Balaban J connectivity index is 2.00. The van der Waals surface area contributed by atoms with Gasteiger partial charge in [0.05, 0.1) is 11.2 Å². The maximum atomic E-state index is 11.0. The van der Waals surface area contributed by atoms with Gasteiger partial charge < -0.3 is 15.1 Å². The third-order valence-corrected chi connectivity index (χ3v) is 3.61. The lowest BCUT2D eigenvalue weighted by molar-refractivity contribution is -0.269. The maximum Gasteiger partial charge on any atom is 0.0689 e. The molecule has 2 saturated heterocycles. The lowest BCUT2D eigenvalue weighted by atomic mass is 9.72. The minimum atomic E-state index is -0.0159. The van der Waals surface area contributed by atoms with Crippen LogP contribution in [0.5, 0.6) is 0 Å². The van der Waals surface area contributed by atoms with Crippen LogP contribution in [0.15, 0.2) is 0 Å². The number of nitrogens with zero attached hydrogens (tertiary/aromatic N) is 1. The quantitative estimate of drug-likeness (QED) is 0.514. The molecule has 1 saturated carbocycles. The molecule has 3 rings (SSSR count). The predicted octanol–water partition coefficient (Wildman–Crippen LogP) is 1.54. The van der Waals surface area contributed by atoms with Gasteiger partial charge in [-0.2, -0.15) is 0 Å². The van der Waals surface area contributed by atoms with Crippen molar-refractivity contribution >= 4 is 0 Å². The zero-order chi connectivity index (χ0) is 10.4. The Kier molecular flexibility index (Phi) is 2.34. The van der Waals surface area contributed by atoms with Crippen LogP contribution < -0.4 is 5.84 Å². The molecule has 2 bridgehead atoms. The first-order valence-electron chi connectivity index (χ1n) is 5.34. The summed E-state index contributed by atoms with van der Waals surface area (Å²) >= 11 is 0. The molecule has 82 valence electrons. The summed E-state index contributed by atoms with van der Waals surface area (Å²) in [4.78, 5) is 0. The highest BCUT2D eigenvalue weighted by Crippen LogP contribution is 2.49. The van der Waals surface area contributed by atoms with Gasteiger partial charge in [-0.1, -0.05) is 0 Å². The van der Waals surface area contributed by atoms with E-state index in [1.807, 2.05) is 0 Å². The van der Waals surface area contributed by atoms with E-state index in [-0.39, 0.29) is 17.2 Å². The number of hydrogen-bond donors (Lipinski definition) is 1. The molecule has 0 amide bonds. The zero-order valence-electron chi connectivity index (χ0n) is 8.95. The number of nitrogens with two attached hydrogens (primary N) is 1. The molecule has 2 heterocycles. The van der Waals surface area contributed by atoms with Gasteiger partial charge in [0.15, 0.2) is 0 Å². The fourth-order valence-electron chi connectivity index (χ4n) is 3.00. The molecule has 2 aliphatic heterocycles. The van der Waals surface area contributed by atoms with Gasteiger partial charge in [-0.3, -0.25) is 5.84 Å². The third kappa shape index (κ3) is 1.80. The molecule has 2 N–H and O–H groups in total. The van der Waals surface area contributed by atoms with Crippen molar-refractivity contribution in [1.29, 1.82) is 0 Å². The second kappa shape index (κ2) is 3.17. The molecule has 0 aromatic carbocycles. The molecule has 2 atom stereocenters. The van der Waals surface area contributed by atoms with Crippen LogP contribution in [0, 0.1) is 5.21 Å². The van der Waals surface area contributed by atoms with Gasteiger partial charge in [0.25, 0.3) is 0 Å². The first kappa shape index (κ1) is 10.4. The van der Waals surface area contributed by atoms with E-state index in [1.54, 1.807) is 0 Å². The minimum Gasteiger partial charge on any atom is -0.772 e. The Labute approximate surface area is 84.9 Å². The SMILES string of the molecule is CC12CCC(N(N)[O-])CCC(C)(C1)O2. The van der Waals surface area contributed by atoms with Gasteiger partial charge in [0.2, 0.25) is 0 Å². The lowest BCUT2D eigenvalue weighted by Crippen LogP contribution is -2.58. The first-order chi connectivity index (χ1) is 6.43. The molecule has 0 spiro atoms. The Bertz CT molecular complexity index is 206. The van der Waals surface area contributed by atoms with E-state index in [1.165, 1.54) is 0 Å². The number of fused-ring (bicyclic) bond motifs is 4. The molecular formula is C10H19N2O2-. The van der Waals surface area contributed by atoms with Gasteiger partial charge in [0.1, 0.15) is 0 Å². The van der Waals surface area contributed by atoms with Crippen molar-refractivity contribution in [1.82, 2.24) is 5.17 Å². The number of hydrogen-bond acceptors (Lipinski definition) is 4. The molecular weight excluding hydrogens is 180 g/mol. The van der Waals surface area contributed by atoms with Crippen molar-refractivity contribution in [3.8, 4) is 0 Å². The van der Waals surface area contributed by atoms with Gasteiger partial charge in [0, 0.05) is 12.5 Å². The minimum absolute atomic E-state index is 0.00340. The molecule has 3 aliphatic rings. The Hall–Kier alpha value is -0.160. The second-order valence-electron chi connectivity index (χ2n) is 5.27. The van der Waals surface area contributed by atoms with Crippen LogP contribution in [0.3, 0.4) is 0 Å². The summed E-state index contributed by atoms with van der Waals surface area (Å²) in [5.41, 5.74) is 0.00681. The molecule has 0 aromatic rings. The summed E-state index contributed by atoms with van der Waals surface area (Å²) in [5, 5.41) is 11.7. The molecule has 2 unspecified atom stereocenters. The van der Waals surface area contributed by atoms with Crippen molar-refractivity contribution in [2.24, 2.45) is 5.84 Å². The number of rotatable bonds is 1. The van der Waals surface area contributed by atoms with E-state index in [0.717, 1.165) is 32.1 Å². The van der Waals surface area contributed by atoms with Crippen molar-refractivity contribution in [3.63, 3.8) is 0 Å². The van der Waals surface area contributed by atoms with E-state index >= 15 is 0 Å². The maximum absolute atomic E-state index is 11.0. The van der Waals surface area contributed by atoms with Crippen LogP contribution >= 0.6 is 0 Å². The van der Waals surface area contributed by atoms with Crippen LogP contribution in [-0.4, -0.2) is 22.4 Å². The smallest absolute Gasteiger partial charge is 0.0689 e. The van der Waals surface area contributed by atoms with Gasteiger partial charge in [-0.05, 0) is 39.5 Å².